The highest BCUT2D eigenvalue weighted by atomic mass is 16.6. The molecule has 0 bridgehead atoms. The summed E-state index contributed by atoms with van der Waals surface area (Å²) in [6.07, 6.45) is 3.01. The molecule has 8 heteroatoms. The lowest BCUT2D eigenvalue weighted by Crippen LogP contribution is -2.21. The Hall–Kier alpha value is -4.01. The molecule has 0 amide bonds. The van der Waals surface area contributed by atoms with Crippen molar-refractivity contribution in [1.82, 2.24) is 4.98 Å². The summed E-state index contributed by atoms with van der Waals surface area (Å²) < 4.78 is 22.4. The number of hydrogen-bond donors (Lipinski definition) is 1. The third-order valence-electron chi connectivity index (χ3n) is 5.88. The van der Waals surface area contributed by atoms with Gasteiger partial charge >= 0.3 is 5.97 Å². The number of aromatic nitrogens is 1. The molecule has 0 saturated carbocycles. The highest BCUT2D eigenvalue weighted by molar-refractivity contribution is 5.95. The Labute approximate surface area is 215 Å². The summed E-state index contributed by atoms with van der Waals surface area (Å²) in [5.74, 6) is -0.0455. The number of fused-ring (bicyclic) bond motifs is 1. The summed E-state index contributed by atoms with van der Waals surface area (Å²) in [6.45, 7) is 4.11. The lowest BCUT2D eigenvalue weighted by atomic mass is 10.0. The van der Waals surface area contributed by atoms with Gasteiger partial charge in [0.2, 0.25) is 0 Å². The Morgan fingerprint density at radius 2 is 1.95 bits per heavy atom. The molecule has 1 unspecified atom stereocenters. The second-order valence-corrected chi connectivity index (χ2v) is 8.82. The fourth-order valence-electron chi connectivity index (χ4n) is 4.10. The normalized spacial score (nSPS) is 11.9. The van der Waals surface area contributed by atoms with Crippen LogP contribution in [0.2, 0.25) is 0 Å². The molecule has 0 spiro atoms. The van der Waals surface area contributed by atoms with E-state index in [1.54, 1.807) is 44.7 Å². The van der Waals surface area contributed by atoms with E-state index in [0.717, 1.165) is 33.4 Å². The number of carbonyl (C=O) groups is 2. The maximum Gasteiger partial charge on any atom is 0.310 e. The lowest BCUT2D eigenvalue weighted by Gasteiger charge is -2.15. The predicted molar refractivity (Wildman–Crippen MR) is 139 cm³/mol. The topological polar surface area (TPSA) is 114 Å². The summed E-state index contributed by atoms with van der Waals surface area (Å²) in [7, 11) is 1.55. The van der Waals surface area contributed by atoms with E-state index in [2.05, 4.69) is 4.98 Å². The number of nitrogens with two attached hydrogens (primary N) is 1. The van der Waals surface area contributed by atoms with Gasteiger partial charge in [0, 0.05) is 41.9 Å². The second kappa shape index (κ2) is 11.8. The van der Waals surface area contributed by atoms with Crippen LogP contribution < -0.4 is 10.5 Å². The van der Waals surface area contributed by atoms with Crippen LogP contribution in [0.3, 0.4) is 0 Å². The summed E-state index contributed by atoms with van der Waals surface area (Å²) in [5.41, 5.74) is 11.2. The average molecular weight is 503 g/mol. The van der Waals surface area contributed by atoms with Crippen molar-refractivity contribution in [2.75, 3.05) is 13.7 Å². The van der Waals surface area contributed by atoms with Crippen molar-refractivity contribution in [1.29, 1.82) is 0 Å². The van der Waals surface area contributed by atoms with Crippen LogP contribution in [-0.4, -0.2) is 36.6 Å². The number of carbonyl (C=O) groups excluding carboxylic acids is 2. The SMILES string of the molecule is COCC(C)OC(=O)Cc1ccc(C(C)=O)cc1OCc1cc(-c2ccnc(CN)c2)c2occc2c1. The Morgan fingerprint density at radius 3 is 2.70 bits per heavy atom. The molecule has 192 valence electrons. The molecule has 0 radical (unpaired) electrons. The quantitative estimate of drug-likeness (QED) is 0.229. The van der Waals surface area contributed by atoms with Crippen molar-refractivity contribution in [3.63, 3.8) is 0 Å². The Balaban J connectivity index is 1.61. The van der Waals surface area contributed by atoms with Gasteiger partial charge in [0.15, 0.2) is 5.78 Å². The lowest BCUT2D eigenvalue weighted by molar-refractivity contribution is -0.149. The molecule has 1 atom stereocenters. The maximum absolute atomic E-state index is 12.5. The minimum atomic E-state index is -0.402. The van der Waals surface area contributed by atoms with Crippen molar-refractivity contribution in [3.05, 3.63) is 83.4 Å². The molecule has 2 N–H and O–H groups in total. The fraction of sp³-hybridized carbons (Fsp3) is 0.276. The van der Waals surface area contributed by atoms with Gasteiger partial charge in [-0.25, -0.2) is 0 Å². The van der Waals surface area contributed by atoms with E-state index in [9.17, 15) is 9.59 Å². The third-order valence-corrected chi connectivity index (χ3v) is 5.88. The van der Waals surface area contributed by atoms with Gasteiger partial charge in [-0.3, -0.25) is 14.6 Å². The first-order valence-electron chi connectivity index (χ1n) is 12.0. The number of benzene rings is 2. The summed E-state index contributed by atoms with van der Waals surface area (Å²) in [5, 5.41) is 0.927. The zero-order valence-corrected chi connectivity index (χ0v) is 21.2. The molecule has 8 nitrogen and oxygen atoms in total. The van der Waals surface area contributed by atoms with Crippen molar-refractivity contribution in [2.24, 2.45) is 5.73 Å². The van der Waals surface area contributed by atoms with Crippen LogP contribution in [0.5, 0.6) is 5.75 Å². The number of methoxy groups -OCH3 is 1. The van der Waals surface area contributed by atoms with Gasteiger partial charge in [-0.15, -0.1) is 0 Å². The molecule has 4 rings (SSSR count). The highest BCUT2D eigenvalue weighted by Crippen LogP contribution is 2.32. The Kier molecular flexibility index (Phi) is 8.32. The average Bonchev–Trinajstić information content (AvgIpc) is 3.36. The number of hydrogen-bond acceptors (Lipinski definition) is 8. The first kappa shape index (κ1) is 26.1. The second-order valence-electron chi connectivity index (χ2n) is 8.82. The number of ketones is 1. The molecule has 2 aromatic carbocycles. The van der Waals surface area contributed by atoms with E-state index in [4.69, 9.17) is 24.4 Å². The molecule has 0 saturated heterocycles. The molecule has 37 heavy (non-hydrogen) atoms. The monoisotopic (exact) mass is 502 g/mol. The van der Waals surface area contributed by atoms with E-state index < -0.39 is 5.97 Å². The van der Waals surface area contributed by atoms with Gasteiger partial charge < -0.3 is 24.4 Å². The summed E-state index contributed by atoms with van der Waals surface area (Å²) in [4.78, 5) is 28.8. The van der Waals surface area contributed by atoms with Gasteiger partial charge in [0.1, 0.15) is 24.0 Å². The number of rotatable bonds is 11. The molecule has 4 aromatic rings. The largest absolute Gasteiger partial charge is 0.489 e. The van der Waals surface area contributed by atoms with Gasteiger partial charge in [-0.1, -0.05) is 12.1 Å². The zero-order valence-electron chi connectivity index (χ0n) is 21.2. The van der Waals surface area contributed by atoms with Crippen molar-refractivity contribution < 1.29 is 28.2 Å². The Bertz CT molecular complexity index is 1410. The van der Waals surface area contributed by atoms with Crippen molar-refractivity contribution >= 4 is 22.7 Å². The fourth-order valence-corrected chi connectivity index (χ4v) is 4.10. The van der Waals surface area contributed by atoms with Crippen LogP contribution >= 0.6 is 0 Å². The van der Waals surface area contributed by atoms with Crippen LogP contribution in [0.1, 0.15) is 41.0 Å². The van der Waals surface area contributed by atoms with E-state index >= 15 is 0 Å². The molecule has 0 aliphatic carbocycles. The third kappa shape index (κ3) is 6.41. The van der Waals surface area contributed by atoms with Gasteiger partial charge in [-0.2, -0.15) is 0 Å². The minimum Gasteiger partial charge on any atom is -0.489 e. The molecule has 0 fully saturated rings. The maximum atomic E-state index is 12.5. The van der Waals surface area contributed by atoms with Gasteiger partial charge in [0.25, 0.3) is 0 Å². The van der Waals surface area contributed by atoms with Crippen molar-refractivity contribution in [3.8, 4) is 16.9 Å². The van der Waals surface area contributed by atoms with Crippen molar-refractivity contribution in [2.45, 2.75) is 39.5 Å². The molecule has 2 aromatic heterocycles. The number of ether oxygens (including phenoxy) is 3. The molecule has 2 heterocycles. The first-order chi connectivity index (χ1) is 17.9. The number of Topliss-reactive ketones (excluding diaryl/α,β-unsaturated/α-hetero) is 1. The number of furan rings is 1. The van der Waals surface area contributed by atoms with E-state index in [1.165, 1.54) is 6.92 Å². The molecule has 0 aliphatic heterocycles. The van der Waals surface area contributed by atoms with Crippen LogP contribution in [0.25, 0.3) is 22.1 Å². The predicted octanol–water partition coefficient (Wildman–Crippen LogP) is 4.86. The number of nitrogens with zero attached hydrogens (tertiary/aromatic N) is 1. The number of esters is 1. The van der Waals surface area contributed by atoms with E-state index in [0.29, 0.717) is 30.0 Å². The minimum absolute atomic E-state index is 0.00642. The van der Waals surface area contributed by atoms with E-state index in [1.807, 2.05) is 30.3 Å². The van der Waals surface area contributed by atoms with Crippen LogP contribution in [-0.2, 0) is 33.8 Å². The van der Waals surface area contributed by atoms with Crippen LogP contribution in [0.4, 0.5) is 0 Å². The molecular formula is C29H30N2O6. The summed E-state index contributed by atoms with van der Waals surface area (Å²) >= 11 is 0. The van der Waals surface area contributed by atoms with Crippen LogP contribution in [0.15, 0.2) is 65.4 Å². The standard InChI is InChI=1S/C29H30N2O6/c1-18(16-34-3)37-28(33)14-23-5-4-21(19(2)32)13-27(23)36-17-20-10-24-7-9-35-29(24)26(11-20)22-6-8-31-25(12-22)15-30/h4-13,18H,14-17,30H2,1-3H3. The van der Waals surface area contributed by atoms with E-state index in [-0.39, 0.29) is 24.9 Å². The smallest absolute Gasteiger partial charge is 0.310 e. The van der Waals surface area contributed by atoms with Gasteiger partial charge in [0.05, 0.1) is 25.0 Å². The zero-order chi connectivity index (χ0) is 26.4. The number of pyridine rings is 1. The molecule has 0 aliphatic rings. The molecular weight excluding hydrogens is 472 g/mol. The van der Waals surface area contributed by atoms with Gasteiger partial charge in [-0.05, 0) is 61.4 Å². The first-order valence-corrected chi connectivity index (χ1v) is 12.0. The Morgan fingerprint density at radius 1 is 1.11 bits per heavy atom. The highest BCUT2D eigenvalue weighted by Gasteiger charge is 2.16. The van der Waals surface area contributed by atoms with Crippen LogP contribution in [0, 0.1) is 0 Å². The summed E-state index contributed by atoms with van der Waals surface area (Å²) in [6, 6.07) is 14.8.